The first kappa shape index (κ1) is 12.4. The zero-order valence-corrected chi connectivity index (χ0v) is 11.2. The van der Waals surface area contributed by atoms with Crippen LogP contribution in [0.2, 0.25) is 0 Å². The smallest absolute Gasteiger partial charge is 0.249 e. The number of fused-ring (bicyclic) bond motifs is 1. The van der Waals surface area contributed by atoms with E-state index in [2.05, 4.69) is 0 Å². The summed E-state index contributed by atoms with van der Waals surface area (Å²) >= 11 is 0. The van der Waals surface area contributed by atoms with Crippen molar-refractivity contribution in [3.05, 3.63) is 46.8 Å². The summed E-state index contributed by atoms with van der Waals surface area (Å²) in [6.45, 7) is 2.61. The molecule has 3 heteroatoms. The van der Waals surface area contributed by atoms with Crippen LogP contribution in [-0.4, -0.2) is 17.4 Å². The van der Waals surface area contributed by atoms with Crippen LogP contribution in [0.1, 0.15) is 43.4 Å². The molecule has 2 aliphatic rings. The van der Waals surface area contributed by atoms with Crippen molar-refractivity contribution in [1.82, 2.24) is 4.90 Å². The van der Waals surface area contributed by atoms with Crippen molar-refractivity contribution in [1.29, 1.82) is 0 Å². The van der Waals surface area contributed by atoms with Crippen molar-refractivity contribution >= 4 is 5.91 Å². The predicted molar refractivity (Wildman–Crippen MR) is 72.2 cm³/mol. The molecule has 0 radical (unpaired) electrons. The highest BCUT2D eigenvalue weighted by Crippen LogP contribution is 2.33. The molecule has 0 bridgehead atoms. The quantitative estimate of drug-likeness (QED) is 0.757. The molecule has 0 saturated carbocycles. The second-order valence-electron chi connectivity index (χ2n) is 5.36. The molecule has 3 rings (SSSR count). The number of halogens is 1. The van der Waals surface area contributed by atoms with E-state index >= 15 is 0 Å². The lowest BCUT2D eigenvalue weighted by atomic mass is 9.92. The van der Waals surface area contributed by atoms with Gasteiger partial charge in [0.25, 0.3) is 0 Å². The summed E-state index contributed by atoms with van der Waals surface area (Å²) < 4.78 is 14.0. The molecule has 1 unspecified atom stereocenters. The van der Waals surface area contributed by atoms with Gasteiger partial charge >= 0.3 is 0 Å². The van der Waals surface area contributed by atoms with Crippen LogP contribution in [0.5, 0.6) is 0 Å². The van der Waals surface area contributed by atoms with Crippen LogP contribution in [0.3, 0.4) is 0 Å². The fraction of sp³-hybridized carbons (Fsp3) is 0.438. The van der Waals surface area contributed by atoms with Crippen LogP contribution in [0.25, 0.3) is 0 Å². The van der Waals surface area contributed by atoms with Crippen LogP contribution in [-0.2, 0) is 11.2 Å². The molecular weight excluding hydrogens is 241 g/mol. The molecule has 1 amide bonds. The van der Waals surface area contributed by atoms with Crippen LogP contribution >= 0.6 is 0 Å². The molecule has 1 atom stereocenters. The normalized spacial score (nSPS) is 22.1. The fourth-order valence-electron chi connectivity index (χ4n) is 3.18. The summed E-state index contributed by atoms with van der Waals surface area (Å²) in [5.74, 6) is -0.0956. The van der Waals surface area contributed by atoms with E-state index in [1.54, 1.807) is 6.07 Å². The van der Waals surface area contributed by atoms with Gasteiger partial charge in [0.15, 0.2) is 0 Å². The Morgan fingerprint density at radius 1 is 1.37 bits per heavy atom. The van der Waals surface area contributed by atoms with Gasteiger partial charge in [0, 0.05) is 17.7 Å². The lowest BCUT2D eigenvalue weighted by Gasteiger charge is -2.35. The van der Waals surface area contributed by atoms with Gasteiger partial charge in [-0.3, -0.25) is 4.79 Å². The highest BCUT2D eigenvalue weighted by atomic mass is 19.1. The van der Waals surface area contributed by atoms with Gasteiger partial charge in [-0.1, -0.05) is 18.2 Å². The van der Waals surface area contributed by atoms with E-state index in [9.17, 15) is 9.18 Å². The maximum Gasteiger partial charge on any atom is 0.249 e. The summed E-state index contributed by atoms with van der Waals surface area (Å²) in [5, 5.41) is 0. The van der Waals surface area contributed by atoms with E-state index in [4.69, 9.17) is 0 Å². The van der Waals surface area contributed by atoms with Crippen molar-refractivity contribution in [2.75, 3.05) is 6.54 Å². The third kappa shape index (κ3) is 2.07. The molecule has 1 aliphatic heterocycles. The van der Waals surface area contributed by atoms with E-state index in [0.717, 1.165) is 36.8 Å². The topological polar surface area (TPSA) is 20.3 Å². The Labute approximate surface area is 112 Å². The summed E-state index contributed by atoms with van der Waals surface area (Å²) in [5.41, 5.74) is 2.64. The van der Waals surface area contributed by atoms with Gasteiger partial charge < -0.3 is 4.90 Å². The van der Waals surface area contributed by atoms with Gasteiger partial charge in [-0.05, 0) is 44.2 Å². The largest absolute Gasteiger partial charge is 0.332 e. The van der Waals surface area contributed by atoms with Gasteiger partial charge in [-0.15, -0.1) is 0 Å². The van der Waals surface area contributed by atoms with E-state index in [1.807, 2.05) is 24.0 Å². The van der Waals surface area contributed by atoms with E-state index in [1.165, 1.54) is 6.07 Å². The molecule has 0 spiro atoms. The van der Waals surface area contributed by atoms with Gasteiger partial charge in [-0.2, -0.15) is 0 Å². The van der Waals surface area contributed by atoms with Crippen LogP contribution in [0.4, 0.5) is 4.39 Å². The Morgan fingerprint density at radius 3 is 2.95 bits per heavy atom. The highest BCUT2D eigenvalue weighted by molar-refractivity contribution is 5.94. The predicted octanol–water partition coefficient (Wildman–Crippen LogP) is 3.38. The lowest BCUT2D eigenvalue weighted by molar-refractivity contribution is -0.129. The molecule has 0 aromatic heterocycles. The third-order valence-electron chi connectivity index (χ3n) is 4.23. The zero-order chi connectivity index (χ0) is 13.4. The number of allylic oxidation sites excluding steroid dienone is 1. The first-order valence-electron chi connectivity index (χ1n) is 6.96. The minimum Gasteiger partial charge on any atom is -0.332 e. The first-order chi connectivity index (χ1) is 9.18. The number of nitrogens with zero attached hydrogens (tertiary/aromatic N) is 1. The molecule has 0 fully saturated rings. The minimum absolute atomic E-state index is 0.0962. The summed E-state index contributed by atoms with van der Waals surface area (Å²) in [7, 11) is 0. The van der Waals surface area contributed by atoms with Crippen molar-refractivity contribution in [3.8, 4) is 0 Å². The monoisotopic (exact) mass is 259 g/mol. The van der Waals surface area contributed by atoms with Crippen LogP contribution < -0.4 is 0 Å². The van der Waals surface area contributed by atoms with Crippen molar-refractivity contribution in [2.45, 2.75) is 38.6 Å². The van der Waals surface area contributed by atoms with E-state index in [0.29, 0.717) is 12.1 Å². The Balaban J connectivity index is 1.91. The van der Waals surface area contributed by atoms with Gasteiger partial charge in [0.05, 0.1) is 6.04 Å². The molecule has 2 nitrogen and oxygen atoms in total. The standard InChI is InChI=1S/C16H18FNO/c1-11-15-12(7-4-8-14(15)17)9-10-18(11)16(19)13-5-2-3-6-13/h4-5,7-8,11H,2-3,6,9-10H2,1H3. The van der Waals surface area contributed by atoms with Crippen molar-refractivity contribution in [3.63, 3.8) is 0 Å². The molecule has 100 valence electrons. The van der Waals surface area contributed by atoms with E-state index in [-0.39, 0.29) is 17.8 Å². The molecule has 1 aromatic rings. The molecule has 1 heterocycles. The van der Waals surface area contributed by atoms with Gasteiger partial charge in [0.1, 0.15) is 5.82 Å². The number of carbonyl (C=O) groups excluding carboxylic acids is 1. The maximum atomic E-state index is 14.0. The Kier molecular flexibility index (Phi) is 3.13. The number of benzene rings is 1. The second kappa shape index (κ2) is 4.80. The fourth-order valence-corrected chi connectivity index (χ4v) is 3.18. The third-order valence-corrected chi connectivity index (χ3v) is 4.23. The zero-order valence-electron chi connectivity index (χ0n) is 11.2. The van der Waals surface area contributed by atoms with Crippen LogP contribution in [0.15, 0.2) is 29.8 Å². The van der Waals surface area contributed by atoms with E-state index < -0.39 is 0 Å². The molecule has 19 heavy (non-hydrogen) atoms. The minimum atomic E-state index is -0.192. The van der Waals surface area contributed by atoms with Crippen molar-refractivity contribution < 1.29 is 9.18 Å². The Bertz CT molecular complexity index is 550. The number of amides is 1. The number of hydrogen-bond donors (Lipinski definition) is 0. The Morgan fingerprint density at radius 2 is 2.21 bits per heavy atom. The Hall–Kier alpha value is -1.64. The van der Waals surface area contributed by atoms with Gasteiger partial charge in [-0.25, -0.2) is 4.39 Å². The summed E-state index contributed by atoms with van der Waals surface area (Å²) in [4.78, 5) is 14.3. The average Bonchev–Trinajstić information content (AvgIpc) is 2.92. The average molecular weight is 259 g/mol. The number of carbonyl (C=O) groups is 1. The molecule has 1 aromatic carbocycles. The summed E-state index contributed by atoms with van der Waals surface area (Å²) in [6.07, 6.45) is 5.71. The van der Waals surface area contributed by atoms with Gasteiger partial charge in [0.2, 0.25) is 5.91 Å². The van der Waals surface area contributed by atoms with Crippen molar-refractivity contribution in [2.24, 2.45) is 0 Å². The molecule has 1 aliphatic carbocycles. The first-order valence-corrected chi connectivity index (χ1v) is 6.96. The number of rotatable bonds is 1. The number of hydrogen-bond acceptors (Lipinski definition) is 1. The summed E-state index contributed by atoms with van der Waals surface area (Å²) in [6, 6.07) is 5.03. The SMILES string of the molecule is CC1c2c(F)cccc2CCN1C(=O)C1=CCCC1. The maximum absolute atomic E-state index is 14.0. The van der Waals surface area contributed by atoms with Crippen LogP contribution in [0, 0.1) is 5.82 Å². The second-order valence-corrected chi connectivity index (χ2v) is 5.36. The lowest BCUT2D eigenvalue weighted by Crippen LogP contribution is -2.39. The molecular formula is C16H18FNO. The molecule has 0 N–H and O–H groups in total. The molecule has 0 saturated heterocycles. The highest BCUT2D eigenvalue weighted by Gasteiger charge is 2.31.